The van der Waals surface area contributed by atoms with Crippen LogP contribution in [0.5, 0.6) is 0 Å². The Morgan fingerprint density at radius 2 is 2.54 bits per heavy atom. The fraction of sp³-hybridized carbons (Fsp3) is 0.571. The van der Waals surface area contributed by atoms with Gasteiger partial charge in [0.1, 0.15) is 6.20 Å². The summed E-state index contributed by atoms with van der Waals surface area (Å²) in [6, 6.07) is 0. The molecular weight excluding hydrogens is 190 g/mol. The molecule has 0 atom stereocenters. The number of imidazole rings is 1. The van der Waals surface area contributed by atoms with Crippen LogP contribution in [-0.4, -0.2) is 26.0 Å². The quantitative estimate of drug-likeness (QED) is 0.412. The third-order valence-electron chi connectivity index (χ3n) is 1.50. The van der Waals surface area contributed by atoms with Crippen LogP contribution in [0, 0.1) is 10.1 Å². The van der Waals surface area contributed by atoms with E-state index in [2.05, 4.69) is 11.9 Å². The summed E-state index contributed by atoms with van der Waals surface area (Å²) >= 11 is 1.80. The second-order valence-electron chi connectivity index (χ2n) is 2.42. The van der Waals surface area contributed by atoms with E-state index in [0.717, 1.165) is 18.1 Å². The maximum Gasteiger partial charge on any atom is 0.381 e. The first-order valence-electron chi connectivity index (χ1n) is 3.98. The van der Waals surface area contributed by atoms with Crippen LogP contribution >= 0.6 is 11.8 Å². The Hall–Kier alpha value is -1.04. The number of hydrogen-bond donors (Lipinski definition) is 0. The van der Waals surface area contributed by atoms with Gasteiger partial charge in [-0.25, -0.2) is 0 Å². The van der Waals surface area contributed by atoms with Crippen molar-refractivity contribution in [2.45, 2.75) is 13.5 Å². The van der Waals surface area contributed by atoms with Crippen molar-refractivity contribution in [1.29, 1.82) is 0 Å². The predicted molar refractivity (Wildman–Crippen MR) is 51.9 cm³/mol. The summed E-state index contributed by atoms with van der Waals surface area (Å²) in [4.78, 5) is 13.4. The molecule has 0 aliphatic carbocycles. The molecule has 13 heavy (non-hydrogen) atoms. The van der Waals surface area contributed by atoms with Gasteiger partial charge in [0.25, 0.3) is 0 Å². The summed E-state index contributed by atoms with van der Waals surface area (Å²) in [5.41, 5.74) is 0. The Balaban J connectivity index is 2.44. The smallest absolute Gasteiger partial charge is 0.358 e. The summed E-state index contributed by atoms with van der Waals surface area (Å²) in [6.07, 6.45) is 2.95. The summed E-state index contributed by atoms with van der Waals surface area (Å²) in [7, 11) is 0. The Labute approximate surface area is 80.3 Å². The van der Waals surface area contributed by atoms with Crippen molar-refractivity contribution in [3.8, 4) is 0 Å². The monoisotopic (exact) mass is 201 g/mol. The van der Waals surface area contributed by atoms with Crippen LogP contribution in [-0.2, 0) is 6.54 Å². The standard InChI is InChI=1S/C7H11N3O2S/c1-2-13-4-3-9-5-7(8-6-9)10(11)12/h5-6H,2-4H2,1H3. The van der Waals surface area contributed by atoms with Gasteiger partial charge in [0.2, 0.25) is 6.33 Å². The zero-order chi connectivity index (χ0) is 9.68. The Morgan fingerprint density at radius 1 is 1.77 bits per heavy atom. The van der Waals surface area contributed by atoms with Crippen molar-refractivity contribution in [2.24, 2.45) is 0 Å². The summed E-state index contributed by atoms with van der Waals surface area (Å²) < 4.78 is 1.74. The zero-order valence-corrected chi connectivity index (χ0v) is 8.16. The first kappa shape index (κ1) is 10.0. The molecule has 0 bridgehead atoms. The minimum absolute atomic E-state index is 0.0819. The van der Waals surface area contributed by atoms with E-state index in [9.17, 15) is 10.1 Å². The lowest BCUT2D eigenvalue weighted by atomic mass is 10.7. The fourth-order valence-corrected chi connectivity index (χ4v) is 1.51. The molecule has 72 valence electrons. The highest BCUT2D eigenvalue weighted by Gasteiger charge is 2.08. The van der Waals surface area contributed by atoms with Crippen molar-refractivity contribution in [3.63, 3.8) is 0 Å². The second kappa shape index (κ2) is 4.86. The largest absolute Gasteiger partial charge is 0.381 e. The molecule has 1 aromatic rings. The van der Waals surface area contributed by atoms with Gasteiger partial charge in [-0.15, -0.1) is 0 Å². The molecule has 0 aliphatic rings. The summed E-state index contributed by atoms with van der Waals surface area (Å²) in [5.74, 6) is 1.95. The highest BCUT2D eigenvalue weighted by atomic mass is 32.2. The lowest BCUT2D eigenvalue weighted by Crippen LogP contribution is -1.97. The molecule has 1 heterocycles. The molecule has 0 saturated carbocycles. The average Bonchev–Trinajstić information content (AvgIpc) is 2.53. The second-order valence-corrected chi connectivity index (χ2v) is 3.82. The highest BCUT2D eigenvalue weighted by Crippen LogP contribution is 2.07. The SMILES string of the molecule is CCSCCn1cnc([N+](=O)[O-])c1. The number of aryl methyl sites for hydroxylation is 1. The van der Waals surface area contributed by atoms with Crippen molar-refractivity contribution in [2.75, 3.05) is 11.5 Å². The molecule has 5 nitrogen and oxygen atoms in total. The van der Waals surface area contributed by atoms with E-state index in [-0.39, 0.29) is 5.82 Å². The van der Waals surface area contributed by atoms with E-state index in [1.165, 1.54) is 12.5 Å². The Morgan fingerprint density at radius 3 is 3.08 bits per heavy atom. The van der Waals surface area contributed by atoms with E-state index in [0.29, 0.717) is 0 Å². The van der Waals surface area contributed by atoms with Crippen molar-refractivity contribution in [1.82, 2.24) is 9.55 Å². The molecule has 0 fully saturated rings. The third-order valence-corrected chi connectivity index (χ3v) is 2.38. The van der Waals surface area contributed by atoms with Gasteiger partial charge in [-0.05, 0) is 15.7 Å². The Kier molecular flexibility index (Phi) is 3.75. The van der Waals surface area contributed by atoms with Gasteiger partial charge in [0.05, 0.1) is 0 Å². The van der Waals surface area contributed by atoms with Crippen LogP contribution in [0.3, 0.4) is 0 Å². The number of hydrogen-bond acceptors (Lipinski definition) is 4. The number of rotatable bonds is 5. The van der Waals surface area contributed by atoms with Crippen molar-refractivity contribution >= 4 is 17.6 Å². The molecule has 0 N–H and O–H groups in total. The van der Waals surface area contributed by atoms with Gasteiger partial charge >= 0.3 is 5.82 Å². The molecule has 0 aromatic carbocycles. The lowest BCUT2D eigenvalue weighted by Gasteiger charge is -1.97. The summed E-state index contributed by atoms with van der Waals surface area (Å²) in [6.45, 7) is 2.86. The molecule has 0 aliphatic heterocycles. The van der Waals surface area contributed by atoms with E-state index in [4.69, 9.17) is 0 Å². The number of aromatic nitrogens is 2. The molecule has 1 aromatic heterocycles. The maximum absolute atomic E-state index is 10.3. The van der Waals surface area contributed by atoms with Crippen LogP contribution in [0.2, 0.25) is 0 Å². The van der Waals surface area contributed by atoms with E-state index >= 15 is 0 Å². The van der Waals surface area contributed by atoms with Crippen LogP contribution in [0.4, 0.5) is 5.82 Å². The first-order chi connectivity index (χ1) is 6.24. The van der Waals surface area contributed by atoms with Crippen LogP contribution < -0.4 is 0 Å². The molecule has 0 saturated heterocycles. The van der Waals surface area contributed by atoms with Crippen molar-refractivity contribution < 1.29 is 4.92 Å². The number of nitrogens with zero attached hydrogens (tertiary/aromatic N) is 3. The summed E-state index contributed by atoms with van der Waals surface area (Å²) in [5, 5.41) is 10.3. The fourth-order valence-electron chi connectivity index (χ4n) is 0.879. The van der Waals surface area contributed by atoms with E-state index in [1.807, 2.05) is 0 Å². The van der Waals surface area contributed by atoms with Crippen molar-refractivity contribution in [3.05, 3.63) is 22.6 Å². The minimum Gasteiger partial charge on any atom is -0.358 e. The molecule has 6 heteroatoms. The van der Waals surface area contributed by atoms with Gasteiger partial charge < -0.3 is 14.7 Å². The van der Waals surface area contributed by atoms with E-state index in [1.54, 1.807) is 16.3 Å². The molecule has 0 spiro atoms. The molecule has 0 amide bonds. The molecule has 1 rings (SSSR count). The average molecular weight is 201 g/mol. The van der Waals surface area contributed by atoms with Gasteiger partial charge in [0, 0.05) is 12.3 Å². The van der Waals surface area contributed by atoms with Crippen LogP contribution in [0.1, 0.15) is 6.92 Å². The van der Waals surface area contributed by atoms with Crippen LogP contribution in [0.25, 0.3) is 0 Å². The first-order valence-corrected chi connectivity index (χ1v) is 5.13. The normalized spacial score (nSPS) is 10.2. The highest BCUT2D eigenvalue weighted by molar-refractivity contribution is 7.99. The van der Waals surface area contributed by atoms with Gasteiger partial charge in [-0.1, -0.05) is 6.92 Å². The topological polar surface area (TPSA) is 61.0 Å². The van der Waals surface area contributed by atoms with Gasteiger partial charge in [0.15, 0.2) is 0 Å². The predicted octanol–water partition coefficient (Wildman–Crippen LogP) is 1.54. The lowest BCUT2D eigenvalue weighted by molar-refractivity contribution is -0.389. The number of thioether (sulfide) groups is 1. The minimum atomic E-state index is -0.483. The van der Waals surface area contributed by atoms with E-state index < -0.39 is 4.92 Å². The molecule has 0 unspecified atom stereocenters. The van der Waals surface area contributed by atoms with Gasteiger partial charge in [-0.2, -0.15) is 11.8 Å². The number of nitro groups is 1. The third kappa shape index (κ3) is 3.06. The molecular formula is C7H11N3O2S. The maximum atomic E-state index is 10.3. The van der Waals surface area contributed by atoms with Gasteiger partial charge in [-0.3, -0.25) is 0 Å². The Bertz CT molecular complexity index is 287. The molecule has 0 radical (unpaired) electrons. The van der Waals surface area contributed by atoms with Crippen LogP contribution in [0.15, 0.2) is 12.5 Å². The zero-order valence-electron chi connectivity index (χ0n) is 7.34.